The average Bonchev–Trinajstić information content (AvgIpc) is 2.27. The van der Waals surface area contributed by atoms with Crippen LogP contribution in [0.3, 0.4) is 0 Å². The monoisotopic (exact) mass is 248 g/mol. The minimum Gasteiger partial charge on any atom is -0.366 e. The van der Waals surface area contributed by atoms with Crippen LogP contribution < -0.4 is 5.73 Å². The van der Waals surface area contributed by atoms with Crippen LogP contribution in [0.1, 0.15) is 21.6 Å². The van der Waals surface area contributed by atoms with Crippen molar-refractivity contribution in [2.75, 3.05) is 0 Å². The summed E-state index contributed by atoms with van der Waals surface area (Å²) < 4.78 is 26.0. The van der Waals surface area contributed by atoms with Gasteiger partial charge in [0.15, 0.2) is 0 Å². The van der Waals surface area contributed by atoms with E-state index < -0.39 is 17.5 Å². The molecule has 0 atom stereocenters. The fraction of sp³-hybridized carbons (Fsp3) is 0.0769. The second-order valence-electron chi connectivity index (χ2n) is 3.85. The number of aromatic nitrogens is 1. The number of primary amides is 1. The van der Waals surface area contributed by atoms with Crippen LogP contribution in [0.5, 0.6) is 0 Å². The fourth-order valence-electron chi connectivity index (χ4n) is 1.65. The third kappa shape index (κ3) is 2.88. The minimum absolute atomic E-state index is 0.232. The second kappa shape index (κ2) is 4.91. The number of rotatable bonds is 3. The van der Waals surface area contributed by atoms with E-state index >= 15 is 0 Å². The van der Waals surface area contributed by atoms with E-state index in [-0.39, 0.29) is 6.42 Å². The number of benzene rings is 1. The molecule has 1 heterocycles. The van der Waals surface area contributed by atoms with Crippen LogP contribution in [0.15, 0.2) is 36.5 Å². The van der Waals surface area contributed by atoms with E-state index in [0.29, 0.717) is 16.8 Å². The van der Waals surface area contributed by atoms with Crippen molar-refractivity contribution in [1.82, 2.24) is 4.98 Å². The number of pyridine rings is 1. The molecule has 1 aromatic carbocycles. The van der Waals surface area contributed by atoms with Gasteiger partial charge in [-0.25, -0.2) is 8.78 Å². The molecule has 2 aromatic rings. The van der Waals surface area contributed by atoms with Crippen molar-refractivity contribution in [1.29, 1.82) is 0 Å². The van der Waals surface area contributed by atoms with E-state index in [0.717, 1.165) is 6.07 Å². The number of nitrogens with zero attached hydrogens (tertiary/aromatic N) is 1. The molecule has 92 valence electrons. The Hall–Kier alpha value is -2.30. The van der Waals surface area contributed by atoms with E-state index in [1.54, 1.807) is 0 Å². The average molecular weight is 248 g/mol. The fourth-order valence-corrected chi connectivity index (χ4v) is 1.65. The molecule has 5 heteroatoms. The number of nitrogens with two attached hydrogens (primary N) is 1. The van der Waals surface area contributed by atoms with Crippen LogP contribution in [0.4, 0.5) is 8.78 Å². The minimum atomic E-state index is -0.643. The van der Waals surface area contributed by atoms with Gasteiger partial charge in [-0.2, -0.15) is 0 Å². The molecule has 0 unspecified atom stereocenters. The summed E-state index contributed by atoms with van der Waals surface area (Å²) in [4.78, 5) is 15.0. The van der Waals surface area contributed by atoms with E-state index in [2.05, 4.69) is 4.98 Å². The second-order valence-corrected chi connectivity index (χ2v) is 3.85. The van der Waals surface area contributed by atoms with Crippen molar-refractivity contribution in [3.8, 4) is 0 Å². The van der Waals surface area contributed by atoms with Gasteiger partial charge in [0, 0.05) is 29.9 Å². The van der Waals surface area contributed by atoms with Crippen molar-refractivity contribution in [2.45, 2.75) is 6.42 Å². The van der Waals surface area contributed by atoms with Gasteiger partial charge in [0.05, 0.1) is 0 Å². The summed E-state index contributed by atoms with van der Waals surface area (Å²) in [6.45, 7) is 0. The molecule has 0 aliphatic rings. The van der Waals surface area contributed by atoms with Crippen molar-refractivity contribution in [3.63, 3.8) is 0 Å². The van der Waals surface area contributed by atoms with Gasteiger partial charge in [-0.3, -0.25) is 9.78 Å². The van der Waals surface area contributed by atoms with E-state index in [4.69, 9.17) is 5.73 Å². The topological polar surface area (TPSA) is 56.0 Å². The molecule has 2 N–H and O–H groups in total. The molecule has 0 saturated heterocycles. The first kappa shape index (κ1) is 12.2. The number of hydrogen-bond acceptors (Lipinski definition) is 2. The van der Waals surface area contributed by atoms with E-state index in [9.17, 15) is 13.6 Å². The smallest absolute Gasteiger partial charge is 0.248 e. The molecule has 0 radical (unpaired) electrons. The number of carbonyl (C=O) groups excluding carboxylic acids is 1. The van der Waals surface area contributed by atoms with Gasteiger partial charge in [-0.1, -0.05) is 0 Å². The molecule has 0 aliphatic carbocycles. The SMILES string of the molecule is NC(=O)c1ccnc(Cc2cc(F)cc(F)c2)c1. The van der Waals surface area contributed by atoms with Crippen LogP contribution in [-0.4, -0.2) is 10.9 Å². The normalized spacial score (nSPS) is 10.3. The summed E-state index contributed by atoms with van der Waals surface area (Å²) >= 11 is 0. The van der Waals surface area contributed by atoms with Crippen molar-refractivity contribution < 1.29 is 13.6 Å². The Morgan fingerprint density at radius 1 is 1.17 bits per heavy atom. The van der Waals surface area contributed by atoms with Gasteiger partial charge < -0.3 is 5.73 Å². The summed E-state index contributed by atoms with van der Waals surface area (Å²) in [5.41, 5.74) is 6.42. The van der Waals surface area contributed by atoms with Crippen LogP contribution in [0, 0.1) is 11.6 Å². The van der Waals surface area contributed by atoms with E-state index in [1.807, 2.05) is 0 Å². The Balaban J connectivity index is 2.28. The molecule has 2 rings (SSSR count). The number of hydrogen-bond donors (Lipinski definition) is 1. The summed E-state index contributed by atoms with van der Waals surface area (Å²) in [5.74, 6) is -1.85. The molecule has 18 heavy (non-hydrogen) atoms. The van der Waals surface area contributed by atoms with Crippen molar-refractivity contribution >= 4 is 5.91 Å². The molecular weight excluding hydrogens is 238 g/mol. The zero-order chi connectivity index (χ0) is 13.1. The van der Waals surface area contributed by atoms with Crippen LogP contribution in [0.25, 0.3) is 0 Å². The Labute approximate surface area is 102 Å². The highest BCUT2D eigenvalue weighted by atomic mass is 19.1. The Bertz CT molecular complexity index is 579. The molecule has 1 aromatic heterocycles. The first-order valence-electron chi connectivity index (χ1n) is 5.24. The maximum atomic E-state index is 13.0. The Morgan fingerprint density at radius 2 is 1.83 bits per heavy atom. The number of amides is 1. The summed E-state index contributed by atoms with van der Waals surface area (Å²) in [5, 5.41) is 0. The lowest BCUT2D eigenvalue weighted by atomic mass is 10.1. The van der Waals surface area contributed by atoms with Gasteiger partial charge in [0.2, 0.25) is 5.91 Å². The predicted octanol–water partition coefficient (Wildman–Crippen LogP) is 2.05. The quantitative estimate of drug-likeness (QED) is 0.903. The molecule has 0 saturated carbocycles. The van der Waals surface area contributed by atoms with Crippen molar-refractivity contribution in [3.05, 3.63) is 65.0 Å². The number of carbonyl (C=O) groups is 1. The van der Waals surface area contributed by atoms with Crippen LogP contribution >= 0.6 is 0 Å². The van der Waals surface area contributed by atoms with Crippen LogP contribution in [-0.2, 0) is 6.42 Å². The maximum Gasteiger partial charge on any atom is 0.248 e. The van der Waals surface area contributed by atoms with Gasteiger partial charge >= 0.3 is 0 Å². The lowest BCUT2D eigenvalue weighted by molar-refractivity contribution is 0.1000. The molecule has 0 fully saturated rings. The predicted molar refractivity (Wildman–Crippen MR) is 61.9 cm³/mol. The zero-order valence-corrected chi connectivity index (χ0v) is 9.36. The lowest BCUT2D eigenvalue weighted by Gasteiger charge is -2.03. The first-order chi connectivity index (χ1) is 8.54. The molecule has 3 nitrogen and oxygen atoms in total. The highest BCUT2D eigenvalue weighted by Crippen LogP contribution is 2.12. The standard InChI is InChI=1S/C13H10F2N2O/c14-10-3-8(4-11(15)7-10)5-12-6-9(13(16)18)1-2-17-12/h1-4,6-7H,5H2,(H2,16,18). The molecule has 0 bridgehead atoms. The van der Waals surface area contributed by atoms with Crippen LogP contribution in [0.2, 0.25) is 0 Å². The third-order valence-electron chi connectivity index (χ3n) is 2.41. The summed E-state index contributed by atoms with van der Waals surface area (Å²) in [6, 6.07) is 6.24. The van der Waals surface area contributed by atoms with Gasteiger partial charge in [-0.05, 0) is 29.8 Å². The van der Waals surface area contributed by atoms with E-state index in [1.165, 1.54) is 30.5 Å². The molecular formula is C13H10F2N2O. The summed E-state index contributed by atoms with van der Waals surface area (Å²) in [7, 11) is 0. The van der Waals surface area contributed by atoms with Gasteiger partial charge in [0.1, 0.15) is 11.6 Å². The third-order valence-corrected chi connectivity index (χ3v) is 2.41. The number of halogens is 2. The Morgan fingerprint density at radius 3 is 2.44 bits per heavy atom. The largest absolute Gasteiger partial charge is 0.366 e. The highest BCUT2D eigenvalue weighted by Gasteiger charge is 2.05. The van der Waals surface area contributed by atoms with Gasteiger partial charge in [0.25, 0.3) is 0 Å². The molecule has 0 aliphatic heterocycles. The zero-order valence-electron chi connectivity index (χ0n) is 9.36. The highest BCUT2D eigenvalue weighted by molar-refractivity contribution is 5.92. The maximum absolute atomic E-state index is 13.0. The lowest BCUT2D eigenvalue weighted by Crippen LogP contribution is -2.11. The molecule has 0 spiro atoms. The first-order valence-corrected chi connectivity index (χ1v) is 5.24. The summed E-state index contributed by atoms with van der Waals surface area (Å²) in [6.07, 6.45) is 1.67. The van der Waals surface area contributed by atoms with Crippen molar-refractivity contribution in [2.24, 2.45) is 5.73 Å². The molecule has 1 amide bonds. The Kier molecular flexibility index (Phi) is 3.32. The van der Waals surface area contributed by atoms with Gasteiger partial charge in [-0.15, -0.1) is 0 Å².